The lowest BCUT2D eigenvalue weighted by Crippen LogP contribution is -2.62. The van der Waals surface area contributed by atoms with E-state index in [9.17, 15) is 4.79 Å². The summed E-state index contributed by atoms with van der Waals surface area (Å²) in [6.45, 7) is 5.21. The number of carbonyl (C=O) groups excluding carboxylic acids is 1. The van der Waals surface area contributed by atoms with Gasteiger partial charge in [-0.15, -0.1) is 0 Å². The zero-order valence-electron chi connectivity index (χ0n) is 14.9. The van der Waals surface area contributed by atoms with Gasteiger partial charge in [-0.05, 0) is 18.4 Å². The van der Waals surface area contributed by atoms with Gasteiger partial charge in [-0.25, -0.2) is 0 Å². The molecule has 25 heavy (non-hydrogen) atoms. The molecule has 0 unspecified atom stereocenters. The molecule has 5 heteroatoms. The fourth-order valence-electron chi connectivity index (χ4n) is 4.61. The number of amides is 1. The summed E-state index contributed by atoms with van der Waals surface area (Å²) >= 11 is 0. The van der Waals surface area contributed by atoms with Crippen molar-refractivity contribution in [3.05, 3.63) is 35.9 Å². The lowest BCUT2D eigenvalue weighted by molar-refractivity contribution is -0.155. The van der Waals surface area contributed by atoms with Gasteiger partial charge in [-0.3, -0.25) is 9.69 Å². The molecule has 1 aromatic rings. The largest absolute Gasteiger partial charge is 0.379 e. The molecule has 0 spiro atoms. The molecule has 3 fully saturated rings. The van der Waals surface area contributed by atoms with Crippen molar-refractivity contribution in [1.29, 1.82) is 0 Å². The van der Waals surface area contributed by atoms with E-state index in [4.69, 9.17) is 9.47 Å². The summed E-state index contributed by atoms with van der Waals surface area (Å²) in [5, 5.41) is 0. The van der Waals surface area contributed by atoms with E-state index in [0.29, 0.717) is 25.6 Å². The predicted molar refractivity (Wildman–Crippen MR) is 95.3 cm³/mol. The standard InChI is InChI=1S/C20H28N2O3/c23-19(20(8-4-5-9-20)22-11-13-24-14-12-22)21-10-15-25-18(16-21)17-6-2-1-3-7-17/h1-3,6-7,18H,4-5,8-16H2/t18-/m0/s1. The zero-order chi connectivity index (χ0) is 17.1. The monoisotopic (exact) mass is 344 g/mol. The van der Waals surface area contributed by atoms with Gasteiger partial charge < -0.3 is 14.4 Å². The van der Waals surface area contributed by atoms with Crippen molar-refractivity contribution in [1.82, 2.24) is 9.80 Å². The van der Waals surface area contributed by atoms with Gasteiger partial charge >= 0.3 is 0 Å². The second-order valence-electron chi connectivity index (χ2n) is 7.36. The van der Waals surface area contributed by atoms with Gasteiger partial charge in [0, 0.05) is 19.6 Å². The van der Waals surface area contributed by atoms with Gasteiger partial charge in [0.1, 0.15) is 11.6 Å². The molecule has 0 radical (unpaired) electrons. The summed E-state index contributed by atoms with van der Waals surface area (Å²) < 4.78 is 11.5. The number of morpholine rings is 2. The van der Waals surface area contributed by atoms with Gasteiger partial charge in [0.15, 0.2) is 0 Å². The van der Waals surface area contributed by atoms with Crippen LogP contribution in [0.5, 0.6) is 0 Å². The predicted octanol–water partition coefficient (Wildman–Crippen LogP) is 2.23. The molecule has 1 aromatic carbocycles. The second-order valence-corrected chi connectivity index (χ2v) is 7.36. The Kier molecular flexibility index (Phi) is 5.06. The molecule has 136 valence electrons. The van der Waals surface area contributed by atoms with Crippen LogP contribution in [0, 0.1) is 0 Å². The Balaban J connectivity index is 1.51. The lowest BCUT2D eigenvalue weighted by atomic mass is 9.91. The van der Waals surface area contributed by atoms with Crippen LogP contribution in [0.2, 0.25) is 0 Å². The van der Waals surface area contributed by atoms with Crippen molar-refractivity contribution in [2.75, 3.05) is 46.0 Å². The highest BCUT2D eigenvalue weighted by Crippen LogP contribution is 2.38. The van der Waals surface area contributed by atoms with Crippen LogP contribution in [0.4, 0.5) is 0 Å². The maximum absolute atomic E-state index is 13.6. The third kappa shape index (κ3) is 3.33. The number of hydrogen-bond acceptors (Lipinski definition) is 4. The molecule has 2 aliphatic heterocycles. The van der Waals surface area contributed by atoms with Crippen LogP contribution in [0.3, 0.4) is 0 Å². The molecule has 1 atom stereocenters. The number of nitrogens with zero attached hydrogens (tertiary/aromatic N) is 2. The molecule has 1 aliphatic carbocycles. The molecule has 1 amide bonds. The molecule has 2 heterocycles. The average molecular weight is 344 g/mol. The normalized spacial score (nSPS) is 27.4. The molecule has 0 bridgehead atoms. The van der Waals surface area contributed by atoms with Gasteiger partial charge in [0.25, 0.3) is 0 Å². The number of ether oxygens (including phenoxy) is 2. The van der Waals surface area contributed by atoms with E-state index in [0.717, 1.165) is 57.6 Å². The number of rotatable bonds is 3. The molecule has 5 nitrogen and oxygen atoms in total. The summed E-state index contributed by atoms with van der Waals surface area (Å²) in [4.78, 5) is 18.0. The summed E-state index contributed by atoms with van der Waals surface area (Å²) in [6.07, 6.45) is 4.26. The topological polar surface area (TPSA) is 42.0 Å². The van der Waals surface area contributed by atoms with Crippen LogP contribution in [0.1, 0.15) is 37.4 Å². The Bertz CT molecular complexity index is 580. The third-order valence-corrected chi connectivity index (χ3v) is 5.97. The van der Waals surface area contributed by atoms with Crippen LogP contribution in [-0.2, 0) is 14.3 Å². The molecule has 1 saturated carbocycles. The van der Waals surface area contributed by atoms with E-state index >= 15 is 0 Å². The van der Waals surface area contributed by atoms with Crippen LogP contribution in [0.25, 0.3) is 0 Å². The Morgan fingerprint density at radius 3 is 2.44 bits per heavy atom. The Morgan fingerprint density at radius 1 is 1.00 bits per heavy atom. The smallest absolute Gasteiger partial charge is 0.243 e. The zero-order valence-corrected chi connectivity index (χ0v) is 14.9. The summed E-state index contributed by atoms with van der Waals surface area (Å²) in [5.41, 5.74) is 0.856. The van der Waals surface area contributed by atoms with E-state index in [1.165, 1.54) is 0 Å². The average Bonchev–Trinajstić information content (AvgIpc) is 3.20. The fourth-order valence-corrected chi connectivity index (χ4v) is 4.61. The van der Waals surface area contributed by atoms with E-state index in [-0.39, 0.29) is 11.6 Å². The Morgan fingerprint density at radius 2 is 1.72 bits per heavy atom. The van der Waals surface area contributed by atoms with Crippen molar-refractivity contribution >= 4 is 5.91 Å². The highest BCUT2D eigenvalue weighted by Gasteiger charge is 2.49. The molecule has 0 N–H and O–H groups in total. The highest BCUT2D eigenvalue weighted by molar-refractivity contribution is 5.87. The van der Waals surface area contributed by atoms with E-state index < -0.39 is 0 Å². The molecule has 4 rings (SSSR count). The summed E-state index contributed by atoms with van der Waals surface area (Å²) in [7, 11) is 0. The molecular weight excluding hydrogens is 316 g/mol. The first kappa shape index (κ1) is 17.0. The Labute approximate surface area is 149 Å². The maximum atomic E-state index is 13.6. The van der Waals surface area contributed by atoms with Gasteiger partial charge in [0.05, 0.1) is 26.4 Å². The Hall–Kier alpha value is -1.43. The second kappa shape index (κ2) is 7.44. The molecule has 3 aliphatic rings. The first-order valence-corrected chi connectivity index (χ1v) is 9.58. The third-order valence-electron chi connectivity index (χ3n) is 5.97. The van der Waals surface area contributed by atoms with Crippen molar-refractivity contribution in [2.45, 2.75) is 37.3 Å². The minimum Gasteiger partial charge on any atom is -0.379 e. The van der Waals surface area contributed by atoms with Gasteiger partial charge in [-0.1, -0.05) is 43.2 Å². The SMILES string of the molecule is O=C(N1CCO[C@H](c2ccccc2)C1)C1(N2CCOCC2)CCCC1. The first-order chi connectivity index (χ1) is 12.3. The minimum atomic E-state index is -0.303. The van der Waals surface area contributed by atoms with Crippen LogP contribution in [-0.4, -0.2) is 67.2 Å². The van der Waals surface area contributed by atoms with Crippen LogP contribution >= 0.6 is 0 Å². The fraction of sp³-hybridized carbons (Fsp3) is 0.650. The lowest BCUT2D eigenvalue weighted by Gasteiger charge is -2.46. The quantitative estimate of drug-likeness (QED) is 0.843. The summed E-state index contributed by atoms with van der Waals surface area (Å²) in [5.74, 6) is 0.316. The number of carbonyl (C=O) groups is 1. The van der Waals surface area contributed by atoms with Crippen molar-refractivity contribution in [3.63, 3.8) is 0 Å². The number of hydrogen-bond donors (Lipinski definition) is 0. The maximum Gasteiger partial charge on any atom is 0.243 e. The van der Waals surface area contributed by atoms with Crippen LogP contribution < -0.4 is 0 Å². The molecule has 0 aromatic heterocycles. The highest BCUT2D eigenvalue weighted by atomic mass is 16.5. The van der Waals surface area contributed by atoms with E-state index in [1.807, 2.05) is 18.2 Å². The van der Waals surface area contributed by atoms with Crippen molar-refractivity contribution < 1.29 is 14.3 Å². The van der Waals surface area contributed by atoms with Crippen molar-refractivity contribution in [2.24, 2.45) is 0 Å². The van der Waals surface area contributed by atoms with Gasteiger partial charge in [-0.2, -0.15) is 0 Å². The number of benzene rings is 1. The summed E-state index contributed by atoms with van der Waals surface area (Å²) in [6, 6.07) is 10.3. The van der Waals surface area contributed by atoms with E-state index in [1.54, 1.807) is 0 Å². The van der Waals surface area contributed by atoms with Gasteiger partial charge in [0.2, 0.25) is 5.91 Å². The molecular formula is C20H28N2O3. The van der Waals surface area contributed by atoms with Crippen molar-refractivity contribution in [3.8, 4) is 0 Å². The van der Waals surface area contributed by atoms with Crippen LogP contribution in [0.15, 0.2) is 30.3 Å². The van der Waals surface area contributed by atoms with E-state index in [2.05, 4.69) is 21.9 Å². The minimum absolute atomic E-state index is 0.0120. The first-order valence-electron chi connectivity index (χ1n) is 9.58. The molecule has 2 saturated heterocycles.